The Bertz CT molecular complexity index is 827. The summed E-state index contributed by atoms with van der Waals surface area (Å²) >= 11 is 0. The lowest BCUT2D eigenvalue weighted by Gasteiger charge is -2.12. The lowest BCUT2D eigenvalue weighted by molar-refractivity contribution is 0.626. The molecule has 0 amide bonds. The van der Waals surface area contributed by atoms with Gasteiger partial charge in [-0.3, -0.25) is 9.56 Å². The molecule has 6 nitrogen and oxygen atoms in total. The van der Waals surface area contributed by atoms with Crippen LogP contribution < -0.4 is 10.6 Å². The number of rotatable bonds is 5. The van der Waals surface area contributed by atoms with E-state index in [1.54, 1.807) is 37.9 Å². The van der Waals surface area contributed by atoms with E-state index in [2.05, 4.69) is 25.6 Å². The van der Waals surface area contributed by atoms with Gasteiger partial charge >= 0.3 is 0 Å². The molecule has 3 aromatic rings. The predicted octanol–water partition coefficient (Wildman–Crippen LogP) is 2.27. The molecule has 0 fully saturated rings. The minimum Gasteiger partial charge on any atom is -0.352 e. The molecule has 2 N–H and O–H groups in total. The van der Waals surface area contributed by atoms with Crippen molar-refractivity contribution in [3.63, 3.8) is 0 Å². The van der Waals surface area contributed by atoms with Crippen LogP contribution in [0.1, 0.15) is 11.1 Å². The maximum atomic E-state index is 12.9. The number of aliphatic imine (C=N–C) groups is 1. The van der Waals surface area contributed by atoms with E-state index < -0.39 is 0 Å². The summed E-state index contributed by atoms with van der Waals surface area (Å²) in [6.07, 6.45) is 7.04. The fourth-order valence-corrected chi connectivity index (χ4v) is 2.30. The number of pyridine rings is 1. The fraction of sp³-hybridized carbons (Fsp3) is 0.167. The third-order valence-corrected chi connectivity index (χ3v) is 3.64. The van der Waals surface area contributed by atoms with Crippen LogP contribution in [0.25, 0.3) is 5.82 Å². The maximum absolute atomic E-state index is 12.9. The number of aromatic nitrogens is 3. The lowest BCUT2D eigenvalue weighted by atomic mass is 10.2. The molecule has 0 aliphatic heterocycles. The molecule has 0 radical (unpaired) electrons. The molecule has 0 spiro atoms. The first kappa shape index (κ1) is 16.6. The van der Waals surface area contributed by atoms with Crippen molar-refractivity contribution in [1.29, 1.82) is 0 Å². The predicted molar refractivity (Wildman–Crippen MR) is 94.8 cm³/mol. The zero-order valence-electron chi connectivity index (χ0n) is 13.9. The van der Waals surface area contributed by atoms with Crippen LogP contribution in [0, 0.1) is 5.82 Å². The molecule has 128 valence electrons. The Hall–Kier alpha value is -3.22. The first-order chi connectivity index (χ1) is 12.2. The van der Waals surface area contributed by atoms with E-state index in [4.69, 9.17) is 0 Å². The van der Waals surface area contributed by atoms with E-state index in [-0.39, 0.29) is 5.82 Å². The summed E-state index contributed by atoms with van der Waals surface area (Å²) in [6.45, 7) is 1.17. The maximum Gasteiger partial charge on any atom is 0.191 e. The summed E-state index contributed by atoms with van der Waals surface area (Å²) in [5.74, 6) is 1.24. The average molecular weight is 338 g/mol. The lowest BCUT2D eigenvalue weighted by Crippen LogP contribution is -2.36. The smallest absolute Gasteiger partial charge is 0.191 e. The molecule has 0 atom stereocenters. The number of benzene rings is 1. The highest BCUT2D eigenvalue weighted by Crippen LogP contribution is 2.07. The van der Waals surface area contributed by atoms with Gasteiger partial charge in [0.15, 0.2) is 5.96 Å². The van der Waals surface area contributed by atoms with Gasteiger partial charge in [-0.15, -0.1) is 0 Å². The summed E-state index contributed by atoms with van der Waals surface area (Å²) in [7, 11) is 1.71. The topological polar surface area (TPSA) is 67.1 Å². The minimum absolute atomic E-state index is 0.238. The van der Waals surface area contributed by atoms with Gasteiger partial charge in [0.25, 0.3) is 0 Å². The second-order valence-corrected chi connectivity index (χ2v) is 5.40. The zero-order valence-corrected chi connectivity index (χ0v) is 13.9. The van der Waals surface area contributed by atoms with Crippen molar-refractivity contribution >= 4 is 5.96 Å². The van der Waals surface area contributed by atoms with Crippen molar-refractivity contribution in [2.75, 3.05) is 7.05 Å². The fourth-order valence-electron chi connectivity index (χ4n) is 2.30. The Labute approximate surface area is 145 Å². The van der Waals surface area contributed by atoms with Gasteiger partial charge in [-0.1, -0.05) is 12.1 Å². The first-order valence-corrected chi connectivity index (χ1v) is 7.87. The van der Waals surface area contributed by atoms with E-state index in [1.807, 2.05) is 22.9 Å². The molecular formula is C18H19FN6. The van der Waals surface area contributed by atoms with Crippen molar-refractivity contribution < 1.29 is 4.39 Å². The molecule has 0 aliphatic carbocycles. The van der Waals surface area contributed by atoms with Gasteiger partial charge in [-0.05, 0) is 35.4 Å². The third-order valence-electron chi connectivity index (χ3n) is 3.64. The van der Waals surface area contributed by atoms with Gasteiger partial charge in [0.05, 0.1) is 0 Å². The Morgan fingerprint density at radius 2 is 1.84 bits per heavy atom. The van der Waals surface area contributed by atoms with Crippen molar-refractivity contribution in [3.8, 4) is 5.82 Å². The van der Waals surface area contributed by atoms with Crippen molar-refractivity contribution in [2.24, 2.45) is 4.99 Å². The number of imidazole rings is 1. The molecule has 0 unspecified atom stereocenters. The Morgan fingerprint density at radius 1 is 1.08 bits per heavy atom. The van der Waals surface area contributed by atoms with Gasteiger partial charge < -0.3 is 10.6 Å². The summed E-state index contributed by atoms with van der Waals surface area (Å²) < 4.78 is 14.8. The number of hydrogen-bond donors (Lipinski definition) is 2. The average Bonchev–Trinajstić information content (AvgIpc) is 3.18. The molecule has 2 heterocycles. The van der Waals surface area contributed by atoms with Crippen molar-refractivity contribution in [2.45, 2.75) is 13.1 Å². The van der Waals surface area contributed by atoms with Gasteiger partial charge in [0.1, 0.15) is 18.0 Å². The molecule has 0 aliphatic rings. The Kier molecular flexibility index (Phi) is 5.36. The second-order valence-electron chi connectivity index (χ2n) is 5.40. The zero-order chi connectivity index (χ0) is 17.5. The van der Waals surface area contributed by atoms with Crippen LogP contribution >= 0.6 is 0 Å². The summed E-state index contributed by atoms with van der Waals surface area (Å²) in [4.78, 5) is 12.6. The summed E-state index contributed by atoms with van der Waals surface area (Å²) in [5, 5.41) is 6.46. The highest BCUT2D eigenvalue weighted by atomic mass is 19.1. The Morgan fingerprint density at radius 3 is 2.52 bits per heavy atom. The molecule has 25 heavy (non-hydrogen) atoms. The Balaban J connectivity index is 1.56. The molecule has 7 heteroatoms. The van der Waals surface area contributed by atoms with Gasteiger partial charge in [0, 0.05) is 38.7 Å². The molecule has 0 saturated heterocycles. The van der Waals surface area contributed by atoms with Crippen molar-refractivity contribution in [1.82, 2.24) is 25.2 Å². The van der Waals surface area contributed by atoms with Crippen LogP contribution in [0.5, 0.6) is 0 Å². The molecule has 1 aromatic carbocycles. The second kappa shape index (κ2) is 8.05. The van der Waals surface area contributed by atoms with E-state index in [9.17, 15) is 4.39 Å². The van der Waals surface area contributed by atoms with E-state index in [0.717, 1.165) is 16.9 Å². The number of nitrogens with zero attached hydrogens (tertiary/aromatic N) is 4. The molecule has 2 aromatic heterocycles. The number of guanidine groups is 1. The van der Waals surface area contributed by atoms with Crippen molar-refractivity contribution in [3.05, 3.63) is 78.3 Å². The molecule has 0 saturated carbocycles. The van der Waals surface area contributed by atoms with Crippen LogP contribution in [-0.2, 0) is 13.1 Å². The SMILES string of the molecule is CN=C(NCc1ccc(F)cc1)NCc1ccnc(-n2ccnc2)c1. The third kappa shape index (κ3) is 4.63. The van der Waals surface area contributed by atoms with Crippen LogP contribution in [0.4, 0.5) is 4.39 Å². The van der Waals surface area contributed by atoms with Gasteiger partial charge in [-0.2, -0.15) is 0 Å². The monoisotopic (exact) mass is 338 g/mol. The van der Waals surface area contributed by atoms with E-state index >= 15 is 0 Å². The highest BCUT2D eigenvalue weighted by Gasteiger charge is 2.02. The normalized spacial score (nSPS) is 11.4. The quantitative estimate of drug-likeness (QED) is 0.553. The summed E-state index contributed by atoms with van der Waals surface area (Å²) in [5.41, 5.74) is 2.05. The van der Waals surface area contributed by atoms with Crippen LogP contribution in [0.2, 0.25) is 0 Å². The largest absolute Gasteiger partial charge is 0.352 e. The summed E-state index contributed by atoms with van der Waals surface area (Å²) in [6, 6.07) is 10.3. The first-order valence-electron chi connectivity index (χ1n) is 7.87. The number of hydrogen-bond acceptors (Lipinski definition) is 3. The number of halogens is 1. The number of nitrogens with one attached hydrogen (secondary N) is 2. The van der Waals surface area contributed by atoms with Crippen LogP contribution in [0.3, 0.4) is 0 Å². The van der Waals surface area contributed by atoms with Gasteiger partial charge in [0.2, 0.25) is 0 Å². The van der Waals surface area contributed by atoms with Gasteiger partial charge in [-0.25, -0.2) is 14.4 Å². The molecule has 3 rings (SSSR count). The standard InChI is InChI=1S/C18H19FN6/c1-20-18(23-11-14-2-4-16(19)5-3-14)24-12-15-6-7-22-17(10-15)25-9-8-21-13-25/h2-10,13H,11-12H2,1H3,(H2,20,23,24). The molecular weight excluding hydrogens is 319 g/mol. The van der Waals surface area contributed by atoms with Crippen LogP contribution in [-0.4, -0.2) is 27.5 Å². The van der Waals surface area contributed by atoms with E-state index in [0.29, 0.717) is 19.0 Å². The molecule has 0 bridgehead atoms. The van der Waals surface area contributed by atoms with E-state index in [1.165, 1.54) is 12.1 Å². The highest BCUT2D eigenvalue weighted by molar-refractivity contribution is 5.79. The minimum atomic E-state index is -0.238. The van der Waals surface area contributed by atoms with Crippen LogP contribution in [0.15, 0.2) is 66.3 Å².